The van der Waals surface area contributed by atoms with Crippen LogP contribution in [0.1, 0.15) is 21.5 Å². The van der Waals surface area contributed by atoms with Crippen LogP contribution in [-0.4, -0.2) is 70.7 Å². The number of piperazine rings is 1. The SMILES string of the molecule is COc1ccc(C(=O)N2CCN(CCc3ccccc3)C[C@H]2C(N)=O)cc1Cn1cccn1. The van der Waals surface area contributed by atoms with Crippen LogP contribution in [-0.2, 0) is 17.8 Å². The fraction of sp³-hybridized carbons (Fsp3) is 0.320. The summed E-state index contributed by atoms with van der Waals surface area (Å²) < 4.78 is 7.23. The Morgan fingerprint density at radius 2 is 1.94 bits per heavy atom. The number of amides is 2. The smallest absolute Gasteiger partial charge is 0.254 e. The summed E-state index contributed by atoms with van der Waals surface area (Å²) in [6.07, 6.45) is 4.44. The van der Waals surface area contributed by atoms with Gasteiger partial charge in [0.15, 0.2) is 0 Å². The summed E-state index contributed by atoms with van der Waals surface area (Å²) in [6.45, 7) is 2.86. The minimum Gasteiger partial charge on any atom is -0.496 e. The summed E-state index contributed by atoms with van der Waals surface area (Å²) in [5.41, 5.74) is 8.30. The van der Waals surface area contributed by atoms with Gasteiger partial charge in [-0.25, -0.2) is 0 Å². The highest BCUT2D eigenvalue weighted by molar-refractivity contribution is 5.98. The highest BCUT2D eigenvalue weighted by Crippen LogP contribution is 2.23. The van der Waals surface area contributed by atoms with Crippen LogP contribution in [0.4, 0.5) is 0 Å². The first-order valence-corrected chi connectivity index (χ1v) is 11.1. The molecular weight excluding hydrogens is 418 g/mol. The largest absolute Gasteiger partial charge is 0.496 e. The molecule has 1 aliphatic heterocycles. The summed E-state index contributed by atoms with van der Waals surface area (Å²) in [5.74, 6) is -0.0110. The normalized spacial score (nSPS) is 16.5. The van der Waals surface area contributed by atoms with E-state index in [0.29, 0.717) is 37.5 Å². The van der Waals surface area contributed by atoms with Crippen LogP contribution < -0.4 is 10.5 Å². The molecule has 1 aliphatic rings. The van der Waals surface area contributed by atoms with Crippen LogP contribution in [0.5, 0.6) is 5.75 Å². The van der Waals surface area contributed by atoms with Crippen molar-refractivity contribution in [3.63, 3.8) is 0 Å². The number of nitrogens with two attached hydrogens (primary N) is 1. The maximum absolute atomic E-state index is 13.4. The third kappa shape index (κ3) is 5.40. The van der Waals surface area contributed by atoms with Gasteiger partial charge in [0.25, 0.3) is 5.91 Å². The Balaban J connectivity index is 1.47. The van der Waals surface area contributed by atoms with Crippen LogP contribution in [0.15, 0.2) is 67.0 Å². The maximum Gasteiger partial charge on any atom is 0.254 e. The Labute approximate surface area is 193 Å². The molecule has 0 saturated carbocycles. The predicted molar refractivity (Wildman–Crippen MR) is 125 cm³/mol. The second-order valence-corrected chi connectivity index (χ2v) is 8.18. The fourth-order valence-electron chi connectivity index (χ4n) is 4.23. The van der Waals surface area contributed by atoms with Crippen molar-refractivity contribution in [2.45, 2.75) is 19.0 Å². The molecule has 0 aliphatic carbocycles. The Bertz CT molecular complexity index is 1080. The summed E-state index contributed by atoms with van der Waals surface area (Å²) in [5, 5.41) is 4.23. The summed E-state index contributed by atoms with van der Waals surface area (Å²) in [7, 11) is 1.60. The Kier molecular flexibility index (Phi) is 7.04. The predicted octanol–water partition coefficient (Wildman–Crippen LogP) is 1.79. The molecule has 1 aromatic heterocycles. The summed E-state index contributed by atoms with van der Waals surface area (Å²) in [6, 6.07) is 16.7. The lowest BCUT2D eigenvalue weighted by Crippen LogP contribution is -2.60. The molecule has 0 bridgehead atoms. The number of primary amides is 1. The number of rotatable bonds is 8. The fourth-order valence-corrected chi connectivity index (χ4v) is 4.23. The lowest BCUT2D eigenvalue weighted by Gasteiger charge is -2.40. The van der Waals surface area contributed by atoms with Crippen LogP contribution >= 0.6 is 0 Å². The molecule has 2 N–H and O–H groups in total. The molecule has 3 aromatic rings. The Hall–Kier alpha value is -3.65. The van der Waals surface area contributed by atoms with E-state index in [0.717, 1.165) is 18.5 Å². The molecule has 172 valence electrons. The van der Waals surface area contributed by atoms with Gasteiger partial charge in [-0.1, -0.05) is 30.3 Å². The minimum absolute atomic E-state index is 0.203. The van der Waals surface area contributed by atoms with E-state index in [4.69, 9.17) is 10.5 Å². The van der Waals surface area contributed by atoms with Crippen molar-refractivity contribution in [2.24, 2.45) is 5.73 Å². The van der Waals surface area contributed by atoms with Crippen LogP contribution in [0.25, 0.3) is 0 Å². The molecule has 2 aromatic carbocycles. The number of hydrogen-bond acceptors (Lipinski definition) is 5. The van der Waals surface area contributed by atoms with E-state index in [-0.39, 0.29) is 5.91 Å². The number of methoxy groups -OCH3 is 1. The highest BCUT2D eigenvalue weighted by Gasteiger charge is 2.34. The summed E-state index contributed by atoms with van der Waals surface area (Å²) in [4.78, 5) is 29.5. The average molecular weight is 448 g/mol. The first kappa shape index (κ1) is 22.5. The van der Waals surface area contributed by atoms with Gasteiger partial charge in [-0.3, -0.25) is 19.2 Å². The third-order valence-corrected chi connectivity index (χ3v) is 6.03. The van der Waals surface area contributed by atoms with Crippen molar-refractivity contribution < 1.29 is 14.3 Å². The molecule has 0 spiro atoms. The van der Waals surface area contributed by atoms with Gasteiger partial charge in [-0.05, 0) is 36.2 Å². The Morgan fingerprint density at radius 3 is 2.64 bits per heavy atom. The topological polar surface area (TPSA) is 93.7 Å². The molecule has 8 nitrogen and oxygen atoms in total. The van der Waals surface area contributed by atoms with Crippen molar-refractivity contribution in [3.05, 3.63) is 83.7 Å². The van der Waals surface area contributed by atoms with Gasteiger partial charge in [-0.15, -0.1) is 0 Å². The molecule has 8 heteroatoms. The second-order valence-electron chi connectivity index (χ2n) is 8.18. The quantitative estimate of drug-likeness (QED) is 0.568. The van der Waals surface area contributed by atoms with Crippen molar-refractivity contribution in [1.82, 2.24) is 19.6 Å². The molecule has 2 heterocycles. The van der Waals surface area contributed by atoms with Gasteiger partial charge in [0.1, 0.15) is 11.8 Å². The lowest BCUT2D eigenvalue weighted by molar-refractivity contribution is -0.124. The van der Waals surface area contributed by atoms with Crippen LogP contribution in [0.3, 0.4) is 0 Å². The van der Waals surface area contributed by atoms with Crippen molar-refractivity contribution in [1.29, 1.82) is 0 Å². The van der Waals surface area contributed by atoms with Gasteiger partial charge in [0.2, 0.25) is 5.91 Å². The standard InChI is InChI=1S/C25H29N5O3/c1-33-23-9-8-20(16-21(23)17-29-12-5-11-27-29)25(32)30-15-14-28(18-22(30)24(26)31)13-10-19-6-3-2-4-7-19/h2-9,11-12,16,22H,10,13-15,17-18H2,1H3,(H2,26,31)/t22-/m0/s1. The minimum atomic E-state index is -0.668. The molecule has 1 fully saturated rings. The van der Waals surface area contributed by atoms with Gasteiger partial charge < -0.3 is 15.4 Å². The van der Waals surface area contributed by atoms with E-state index < -0.39 is 11.9 Å². The first-order valence-electron chi connectivity index (χ1n) is 11.1. The van der Waals surface area contributed by atoms with Crippen LogP contribution in [0.2, 0.25) is 0 Å². The van der Waals surface area contributed by atoms with Gasteiger partial charge in [0, 0.05) is 49.7 Å². The molecule has 0 radical (unpaired) electrons. The molecular formula is C25H29N5O3. The third-order valence-electron chi connectivity index (χ3n) is 6.03. The first-order chi connectivity index (χ1) is 16.0. The zero-order valence-electron chi connectivity index (χ0n) is 18.8. The number of carbonyl (C=O) groups is 2. The number of ether oxygens (including phenoxy) is 1. The number of aromatic nitrogens is 2. The van der Waals surface area contributed by atoms with Gasteiger partial charge in [-0.2, -0.15) is 5.10 Å². The molecule has 0 unspecified atom stereocenters. The Morgan fingerprint density at radius 1 is 1.12 bits per heavy atom. The van der Waals surface area contributed by atoms with Crippen molar-refractivity contribution >= 4 is 11.8 Å². The van der Waals surface area contributed by atoms with E-state index in [1.165, 1.54) is 5.56 Å². The molecule has 33 heavy (non-hydrogen) atoms. The zero-order chi connectivity index (χ0) is 23.2. The molecule has 1 atom stereocenters. The number of benzene rings is 2. The van der Waals surface area contributed by atoms with E-state index in [1.807, 2.05) is 36.5 Å². The highest BCUT2D eigenvalue weighted by atomic mass is 16.5. The number of nitrogens with zero attached hydrogens (tertiary/aromatic N) is 4. The molecule has 1 saturated heterocycles. The monoisotopic (exact) mass is 447 g/mol. The van der Waals surface area contributed by atoms with Crippen molar-refractivity contribution in [2.75, 3.05) is 33.3 Å². The van der Waals surface area contributed by atoms with Gasteiger partial charge in [0.05, 0.1) is 13.7 Å². The number of carbonyl (C=O) groups excluding carboxylic acids is 2. The van der Waals surface area contributed by atoms with Gasteiger partial charge >= 0.3 is 0 Å². The van der Waals surface area contributed by atoms with Crippen molar-refractivity contribution in [3.8, 4) is 5.75 Å². The summed E-state index contributed by atoms with van der Waals surface area (Å²) >= 11 is 0. The molecule has 4 rings (SSSR count). The van der Waals surface area contributed by atoms with E-state index in [1.54, 1.807) is 35.0 Å². The lowest BCUT2D eigenvalue weighted by atomic mass is 10.0. The molecule has 2 amide bonds. The van der Waals surface area contributed by atoms with E-state index in [2.05, 4.69) is 22.1 Å². The van der Waals surface area contributed by atoms with Crippen LogP contribution in [0, 0.1) is 0 Å². The van der Waals surface area contributed by atoms with E-state index in [9.17, 15) is 9.59 Å². The van der Waals surface area contributed by atoms with E-state index >= 15 is 0 Å². The number of hydrogen-bond donors (Lipinski definition) is 1. The maximum atomic E-state index is 13.4. The second kappa shape index (κ2) is 10.3. The average Bonchev–Trinajstić information content (AvgIpc) is 3.36. The zero-order valence-corrected chi connectivity index (χ0v) is 18.8.